The van der Waals surface area contributed by atoms with Crippen LogP contribution in [0.2, 0.25) is 0 Å². The largest absolute Gasteiger partial charge is 0.497 e. The van der Waals surface area contributed by atoms with Gasteiger partial charge >= 0.3 is 5.97 Å². The first kappa shape index (κ1) is 19.2. The van der Waals surface area contributed by atoms with Gasteiger partial charge in [0.05, 0.1) is 31.0 Å². The van der Waals surface area contributed by atoms with Crippen LogP contribution in [-0.2, 0) is 16.1 Å². The van der Waals surface area contributed by atoms with Crippen LogP contribution in [0, 0.1) is 0 Å². The van der Waals surface area contributed by atoms with Crippen LogP contribution in [0.3, 0.4) is 0 Å². The van der Waals surface area contributed by atoms with Crippen molar-refractivity contribution in [3.63, 3.8) is 0 Å². The molecule has 0 atom stereocenters. The van der Waals surface area contributed by atoms with Crippen LogP contribution < -0.4 is 14.8 Å². The fourth-order valence-corrected chi connectivity index (χ4v) is 2.65. The average molecular weight is 384 g/mol. The van der Waals surface area contributed by atoms with Gasteiger partial charge in [-0.3, -0.25) is 4.79 Å². The topological polar surface area (TPSA) is 105 Å². The SMILES string of the molecule is CCn1nnc2cc(C(=O)OCC(=O)Nc3cc(OC)ccc3OC)ccc21. The third-order valence-corrected chi connectivity index (χ3v) is 4.06. The van der Waals surface area contributed by atoms with Crippen LogP contribution >= 0.6 is 0 Å². The van der Waals surface area contributed by atoms with Gasteiger partial charge in [-0.15, -0.1) is 5.10 Å². The molecule has 0 spiro atoms. The lowest BCUT2D eigenvalue weighted by Gasteiger charge is -2.12. The van der Waals surface area contributed by atoms with E-state index in [2.05, 4.69) is 15.6 Å². The van der Waals surface area contributed by atoms with Crippen molar-refractivity contribution in [2.24, 2.45) is 0 Å². The summed E-state index contributed by atoms with van der Waals surface area (Å²) in [6.07, 6.45) is 0. The number of esters is 1. The molecule has 0 aliphatic rings. The second kappa shape index (κ2) is 8.38. The number of fused-ring (bicyclic) bond motifs is 1. The van der Waals surface area contributed by atoms with Crippen molar-refractivity contribution in [2.75, 3.05) is 26.1 Å². The fourth-order valence-electron chi connectivity index (χ4n) is 2.65. The molecular weight excluding hydrogens is 364 g/mol. The molecule has 9 nitrogen and oxygen atoms in total. The van der Waals surface area contributed by atoms with Crippen molar-refractivity contribution in [1.29, 1.82) is 0 Å². The van der Waals surface area contributed by atoms with Gasteiger partial charge in [-0.05, 0) is 37.3 Å². The van der Waals surface area contributed by atoms with Crippen LogP contribution in [0.4, 0.5) is 5.69 Å². The Bertz CT molecular complexity index is 1010. The number of amides is 1. The minimum absolute atomic E-state index is 0.294. The molecule has 0 unspecified atom stereocenters. The van der Waals surface area contributed by atoms with Crippen LogP contribution in [0.1, 0.15) is 17.3 Å². The first-order valence-electron chi connectivity index (χ1n) is 8.58. The van der Waals surface area contributed by atoms with E-state index in [-0.39, 0.29) is 0 Å². The number of carbonyl (C=O) groups is 2. The third kappa shape index (κ3) is 4.03. The average Bonchev–Trinajstić information content (AvgIpc) is 3.14. The van der Waals surface area contributed by atoms with Gasteiger partial charge in [-0.25, -0.2) is 9.48 Å². The number of hydrogen-bond donors (Lipinski definition) is 1. The number of anilines is 1. The smallest absolute Gasteiger partial charge is 0.338 e. The van der Waals surface area contributed by atoms with Gasteiger partial charge in [0, 0.05) is 12.6 Å². The number of benzene rings is 2. The molecule has 28 heavy (non-hydrogen) atoms. The quantitative estimate of drug-likeness (QED) is 0.623. The monoisotopic (exact) mass is 384 g/mol. The summed E-state index contributed by atoms with van der Waals surface area (Å²) in [5, 5.41) is 10.6. The Kier molecular flexibility index (Phi) is 5.73. The zero-order valence-electron chi connectivity index (χ0n) is 15.8. The summed E-state index contributed by atoms with van der Waals surface area (Å²) in [5.74, 6) is -0.106. The summed E-state index contributed by atoms with van der Waals surface area (Å²) in [6, 6.07) is 9.93. The van der Waals surface area contributed by atoms with Crippen molar-refractivity contribution in [3.05, 3.63) is 42.0 Å². The van der Waals surface area contributed by atoms with Crippen LogP contribution in [0.25, 0.3) is 11.0 Å². The highest BCUT2D eigenvalue weighted by atomic mass is 16.5. The van der Waals surface area contributed by atoms with E-state index >= 15 is 0 Å². The van der Waals surface area contributed by atoms with E-state index in [0.29, 0.717) is 34.8 Å². The van der Waals surface area contributed by atoms with Gasteiger partial charge in [0.2, 0.25) is 0 Å². The number of aromatic nitrogens is 3. The van der Waals surface area contributed by atoms with Crippen molar-refractivity contribution in [2.45, 2.75) is 13.5 Å². The second-order valence-electron chi connectivity index (χ2n) is 5.80. The Morgan fingerprint density at radius 3 is 2.64 bits per heavy atom. The molecule has 9 heteroatoms. The molecule has 0 fully saturated rings. The van der Waals surface area contributed by atoms with Gasteiger partial charge in [-0.1, -0.05) is 5.21 Å². The van der Waals surface area contributed by atoms with Crippen molar-refractivity contribution < 1.29 is 23.8 Å². The molecule has 0 saturated heterocycles. The molecule has 3 aromatic rings. The van der Waals surface area contributed by atoms with Crippen molar-refractivity contribution in [1.82, 2.24) is 15.0 Å². The number of hydrogen-bond acceptors (Lipinski definition) is 7. The molecule has 1 N–H and O–H groups in total. The first-order valence-corrected chi connectivity index (χ1v) is 8.58. The van der Waals surface area contributed by atoms with E-state index in [1.54, 1.807) is 41.1 Å². The Morgan fingerprint density at radius 1 is 1.11 bits per heavy atom. The van der Waals surface area contributed by atoms with Crippen LogP contribution in [-0.4, -0.2) is 47.7 Å². The number of nitrogens with one attached hydrogen (secondary N) is 1. The first-order chi connectivity index (χ1) is 13.5. The number of rotatable bonds is 7. The summed E-state index contributed by atoms with van der Waals surface area (Å²) in [5.41, 5.74) is 2.12. The highest BCUT2D eigenvalue weighted by Crippen LogP contribution is 2.28. The fraction of sp³-hybridized carbons (Fsp3) is 0.263. The van der Waals surface area contributed by atoms with Gasteiger partial charge in [0.1, 0.15) is 17.0 Å². The normalized spacial score (nSPS) is 10.5. The zero-order chi connectivity index (χ0) is 20.1. The van der Waals surface area contributed by atoms with E-state index in [4.69, 9.17) is 14.2 Å². The second-order valence-corrected chi connectivity index (χ2v) is 5.80. The molecule has 0 aliphatic heterocycles. The van der Waals surface area contributed by atoms with Gasteiger partial charge in [-0.2, -0.15) is 0 Å². The maximum Gasteiger partial charge on any atom is 0.338 e. The summed E-state index contributed by atoms with van der Waals surface area (Å²) in [6.45, 7) is 2.18. The predicted molar refractivity (Wildman–Crippen MR) is 102 cm³/mol. The summed E-state index contributed by atoms with van der Waals surface area (Å²) in [4.78, 5) is 24.4. The molecule has 0 bridgehead atoms. The van der Waals surface area contributed by atoms with Crippen molar-refractivity contribution in [3.8, 4) is 11.5 Å². The van der Waals surface area contributed by atoms with Crippen LogP contribution in [0.5, 0.6) is 11.5 Å². The van der Waals surface area contributed by atoms with E-state index in [1.807, 2.05) is 6.92 Å². The molecule has 1 heterocycles. The lowest BCUT2D eigenvalue weighted by atomic mass is 10.2. The lowest BCUT2D eigenvalue weighted by Crippen LogP contribution is -2.21. The number of methoxy groups -OCH3 is 2. The summed E-state index contributed by atoms with van der Waals surface area (Å²) >= 11 is 0. The standard InChI is InChI=1S/C19H20N4O5/c1-4-23-16-7-5-12(9-14(16)21-22-23)19(25)28-11-18(24)20-15-10-13(26-2)6-8-17(15)27-3/h5-10H,4,11H2,1-3H3,(H,20,24). The highest BCUT2D eigenvalue weighted by molar-refractivity contribution is 5.97. The molecule has 1 aromatic heterocycles. The number of carbonyl (C=O) groups excluding carboxylic acids is 2. The molecule has 1 amide bonds. The predicted octanol–water partition coefficient (Wildman–Crippen LogP) is 2.26. The van der Waals surface area contributed by atoms with E-state index in [0.717, 1.165) is 5.52 Å². The minimum Gasteiger partial charge on any atom is -0.497 e. The Labute approximate surface area is 161 Å². The zero-order valence-corrected chi connectivity index (χ0v) is 15.8. The molecule has 0 radical (unpaired) electrons. The number of aryl methyl sites for hydroxylation is 1. The molecule has 2 aromatic carbocycles. The number of ether oxygens (including phenoxy) is 3. The van der Waals surface area contributed by atoms with E-state index in [1.165, 1.54) is 14.2 Å². The van der Waals surface area contributed by atoms with E-state index < -0.39 is 18.5 Å². The minimum atomic E-state index is -0.624. The molecular formula is C19H20N4O5. The Hall–Kier alpha value is -3.62. The highest BCUT2D eigenvalue weighted by Gasteiger charge is 2.14. The lowest BCUT2D eigenvalue weighted by molar-refractivity contribution is -0.119. The van der Waals surface area contributed by atoms with Crippen LogP contribution in [0.15, 0.2) is 36.4 Å². The maximum atomic E-state index is 12.2. The van der Waals surface area contributed by atoms with Gasteiger partial charge in [0.25, 0.3) is 5.91 Å². The Morgan fingerprint density at radius 2 is 1.93 bits per heavy atom. The Balaban J connectivity index is 1.64. The molecule has 3 rings (SSSR count). The van der Waals surface area contributed by atoms with E-state index in [9.17, 15) is 9.59 Å². The summed E-state index contributed by atoms with van der Waals surface area (Å²) in [7, 11) is 3.01. The summed E-state index contributed by atoms with van der Waals surface area (Å²) < 4.78 is 17.1. The van der Waals surface area contributed by atoms with Gasteiger partial charge in [0.15, 0.2) is 6.61 Å². The van der Waals surface area contributed by atoms with Crippen molar-refractivity contribution >= 4 is 28.6 Å². The van der Waals surface area contributed by atoms with Gasteiger partial charge < -0.3 is 19.5 Å². The molecule has 0 aliphatic carbocycles. The molecule has 0 saturated carbocycles. The number of nitrogens with zero attached hydrogens (tertiary/aromatic N) is 3. The maximum absolute atomic E-state index is 12.2. The third-order valence-electron chi connectivity index (χ3n) is 4.06. The molecule has 146 valence electrons.